The van der Waals surface area contributed by atoms with E-state index in [4.69, 9.17) is 5.11 Å². The number of hydrogen-bond acceptors (Lipinski definition) is 2. The van der Waals surface area contributed by atoms with Crippen LogP contribution in [0.2, 0.25) is 0 Å². The second-order valence-corrected chi connectivity index (χ2v) is 5.21. The first-order chi connectivity index (χ1) is 9.58. The number of rotatable bonds is 4. The van der Waals surface area contributed by atoms with Crippen molar-refractivity contribution in [3.05, 3.63) is 35.6 Å². The number of carbonyl (C=O) groups is 2. The van der Waals surface area contributed by atoms with Crippen LogP contribution in [0.4, 0.5) is 4.39 Å². The fourth-order valence-electron chi connectivity index (χ4n) is 2.70. The molecular weight excluding hydrogens is 261 g/mol. The van der Waals surface area contributed by atoms with Gasteiger partial charge in [-0.1, -0.05) is 12.8 Å². The van der Waals surface area contributed by atoms with Crippen molar-refractivity contribution in [2.24, 2.45) is 11.8 Å². The highest BCUT2D eigenvalue weighted by Crippen LogP contribution is 2.29. The van der Waals surface area contributed by atoms with E-state index in [1.54, 1.807) is 0 Å². The Balaban J connectivity index is 1.91. The molecule has 108 valence electrons. The molecule has 1 fully saturated rings. The van der Waals surface area contributed by atoms with Crippen LogP contribution in [0.25, 0.3) is 0 Å². The van der Waals surface area contributed by atoms with Crippen LogP contribution >= 0.6 is 0 Å². The summed E-state index contributed by atoms with van der Waals surface area (Å²) in [6.45, 7) is 0.354. The Morgan fingerprint density at radius 3 is 2.50 bits per heavy atom. The molecule has 0 spiro atoms. The van der Waals surface area contributed by atoms with E-state index in [0.717, 1.165) is 19.3 Å². The second kappa shape index (κ2) is 6.50. The van der Waals surface area contributed by atoms with Gasteiger partial charge in [0.05, 0.1) is 5.92 Å². The molecule has 1 saturated carbocycles. The molecule has 0 saturated heterocycles. The van der Waals surface area contributed by atoms with E-state index in [0.29, 0.717) is 18.5 Å². The molecule has 0 unspecified atom stereocenters. The lowest BCUT2D eigenvalue weighted by Gasteiger charge is -2.28. The Kier molecular flexibility index (Phi) is 4.71. The lowest BCUT2D eigenvalue weighted by atomic mass is 9.79. The molecular formula is C15H18FNO3. The van der Waals surface area contributed by atoms with Gasteiger partial charge in [0, 0.05) is 12.1 Å². The number of amides is 1. The van der Waals surface area contributed by atoms with Crippen molar-refractivity contribution >= 4 is 11.9 Å². The van der Waals surface area contributed by atoms with E-state index in [1.807, 2.05) is 0 Å². The maximum atomic E-state index is 12.8. The number of hydrogen-bond donors (Lipinski definition) is 2. The Morgan fingerprint density at radius 1 is 1.20 bits per heavy atom. The van der Waals surface area contributed by atoms with E-state index in [-0.39, 0.29) is 23.6 Å². The highest BCUT2D eigenvalue weighted by atomic mass is 19.1. The van der Waals surface area contributed by atoms with Crippen molar-refractivity contribution in [1.82, 2.24) is 5.32 Å². The van der Waals surface area contributed by atoms with Crippen molar-refractivity contribution in [3.8, 4) is 0 Å². The van der Waals surface area contributed by atoms with Crippen molar-refractivity contribution in [2.45, 2.75) is 25.7 Å². The van der Waals surface area contributed by atoms with Gasteiger partial charge in [-0.15, -0.1) is 0 Å². The average molecular weight is 279 g/mol. The zero-order valence-electron chi connectivity index (χ0n) is 11.1. The summed E-state index contributed by atoms with van der Waals surface area (Å²) in [5.41, 5.74) is 0.383. The summed E-state index contributed by atoms with van der Waals surface area (Å²) in [4.78, 5) is 23.1. The molecule has 1 aliphatic rings. The van der Waals surface area contributed by atoms with E-state index in [9.17, 15) is 14.0 Å². The predicted molar refractivity (Wildman–Crippen MR) is 71.8 cm³/mol. The van der Waals surface area contributed by atoms with Crippen LogP contribution in [0.1, 0.15) is 36.0 Å². The van der Waals surface area contributed by atoms with Crippen LogP contribution in [0.15, 0.2) is 24.3 Å². The molecule has 2 rings (SSSR count). The molecule has 1 aliphatic carbocycles. The molecule has 5 heteroatoms. The predicted octanol–water partition coefficient (Wildman–Crippen LogP) is 2.45. The second-order valence-electron chi connectivity index (χ2n) is 5.21. The standard InChI is InChI=1S/C15H18FNO3/c16-12-7-5-10(6-8-12)14(18)17-9-11-3-1-2-4-13(11)15(19)20/h5-8,11,13H,1-4,9H2,(H,17,18)(H,19,20)/t11-,13-/m0/s1. The fourth-order valence-corrected chi connectivity index (χ4v) is 2.70. The van der Waals surface area contributed by atoms with Gasteiger partial charge in [-0.3, -0.25) is 9.59 Å². The van der Waals surface area contributed by atoms with Gasteiger partial charge in [-0.25, -0.2) is 4.39 Å². The van der Waals surface area contributed by atoms with Gasteiger partial charge in [-0.05, 0) is 43.0 Å². The third kappa shape index (κ3) is 3.56. The third-order valence-corrected chi connectivity index (χ3v) is 3.86. The number of carboxylic acid groups (broad SMARTS) is 1. The summed E-state index contributed by atoms with van der Waals surface area (Å²) in [5, 5.41) is 11.9. The number of carboxylic acids is 1. The highest BCUT2D eigenvalue weighted by molar-refractivity contribution is 5.94. The zero-order chi connectivity index (χ0) is 14.5. The Hall–Kier alpha value is -1.91. The summed E-state index contributed by atoms with van der Waals surface area (Å²) < 4.78 is 12.8. The average Bonchev–Trinajstić information content (AvgIpc) is 2.45. The molecule has 1 aromatic rings. The SMILES string of the molecule is O=C(NC[C@@H]1CCCC[C@@H]1C(=O)O)c1ccc(F)cc1. The number of carbonyl (C=O) groups excluding carboxylic acids is 1. The van der Waals surface area contributed by atoms with Crippen molar-refractivity contribution in [2.75, 3.05) is 6.54 Å². The molecule has 2 atom stereocenters. The number of halogens is 1. The minimum Gasteiger partial charge on any atom is -0.481 e. The monoisotopic (exact) mass is 279 g/mol. The van der Waals surface area contributed by atoms with E-state index < -0.39 is 5.97 Å². The first-order valence-corrected chi connectivity index (χ1v) is 6.84. The molecule has 1 aromatic carbocycles. The summed E-state index contributed by atoms with van der Waals surface area (Å²) in [5.74, 6) is -1.87. The summed E-state index contributed by atoms with van der Waals surface area (Å²) in [7, 11) is 0. The quantitative estimate of drug-likeness (QED) is 0.889. The Morgan fingerprint density at radius 2 is 1.85 bits per heavy atom. The minimum absolute atomic E-state index is 0.0225. The largest absolute Gasteiger partial charge is 0.481 e. The molecule has 0 bridgehead atoms. The lowest BCUT2D eigenvalue weighted by molar-refractivity contribution is -0.144. The van der Waals surface area contributed by atoms with Gasteiger partial charge < -0.3 is 10.4 Å². The smallest absolute Gasteiger partial charge is 0.306 e. The first-order valence-electron chi connectivity index (χ1n) is 6.84. The molecule has 0 heterocycles. The fraction of sp³-hybridized carbons (Fsp3) is 0.467. The maximum Gasteiger partial charge on any atom is 0.306 e. The van der Waals surface area contributed by atoms with E-state index in [2.05, 4.69) is 5.32 Å². The van der Waals surface area contributed by atoms with Crippen molar-refractivity contribution in [3.63, 3.8) is 0 Å². The molecule has 2 N–H and O–H groups in total. The maximum absolute atomic E-state index is 12.8. The topological polar surface area (TPSA) is 66.4 Å². The number of benzene rings is 1. The Bertz CT molecular complexity index is 486. The molecule has 4 nitrogen and oxygen atoms in total. The molecule has 0 aliphatic heterocycles. The number of aliphatic carboxylic acids is 1. The van der Waals surface area contributed by atoms with Crippen molar-refractivity contribution in [1.29, 1.82) is 0 Å². The normalized spacial score (nSPS) is 22.2. The van der Waals surface area contributed by atoms with Gasteiger partial charge in [0.25, 0.3) is 5.91 Å². The van der Waals surface area contributed by atoms with Crippen molar-refractivity contribution < 1.29 is 19.1 Å². The Labute approximate surface area is 117 Å². The van der Waals surface area contributed by atoms with E-state index in [1.165, 1.54) is 24.3 Å². The third-order valence-electron chi connectivity index (χ3n) is 3.86. The van der Waals surface area contributed by atoms with Gasteiger partial charge >= 0.3 is 5.97 Å². The lowest BCUT2D eigenvalue weighted by Crippen LogP contribution is -2.37. The number of nitrogens with one attached hydrogen (secondary N) is 1. The molecule has 0 aromatic heterocycles. The molecule has 0 radical (unpaired) electrons. The highest BCUT2D eigenvalue weighted by Gasteiger charge is 2.30. The van der Waals surface area contributed by atoms with E-state index >= 15 is 0 Å². The first kappa shape index (κ1) is 14.5. The van der Waals surface area contributed by atoms with Crippen LogP contribution in [0.5, 0.6) is 0 Å². The van der Waals surface area contributed by atoms with Gasteiger partial charge in [-0.2, -0.15) is 0 Å². The molecule has 1 amide bonds. The van der Waals surface area contributed by atoms with Gasteiger partial charge in [0.15, 0.2) is 0 Å². The molecule has 20 heavy (non-hydrogen) atoms. The zero-order valence-corrected chi connectivity index (χ0v) is 11.1. The van der Waals surface area contributed by atoms with Gasteiger partial charge in [0.1, 0.15) is 5.82 Å². The van der Waals surface area contributed by atoms with Crippen LogP contribution < -0.4 is 5.32 Å². The van der Waals surface area contributed by atoms with Gasteiger partial charge in [0.2, 0.25) is 0 Å². The summed E-state index contributed by atoms with van der Waals surface area (Å²) in [6, 6.07) is 5.30. The minimum atomic E-state index is -0.786. The van der Waals surface area contributed by atoms with Crippen LogP contribution in [0, 0.1) is 17.7 Å². The van der Waals surface area contributed by atoms with Crippen LogP contribution in [0.3, 0.4) is 0 Å². The summed E-state index contributed by atoms with van der Waals surface area (Å²) >= 11 is 0. The van der Waals surface area contributed by atoms with Crippen LogP contribution in [-0.4, -0.2) is 23.5 Å². The summed E-state index contributed by atoms with van der Waals surface area (Å²) in [6.07, 6.45) is 3.42. The van der Waals surface area contributed by atoms with Crippen LogP contribution in [-0.2, 0) is 4.79 Å².